The first-order valence-electron chi connectivity index (χ1n) is 11.1. The summed E-state index contributed by atoms with van der Waals surface area (Å²) in [6, 6.07) is 0.230. The Hall–Kier alpha value is -1.34. The zero-order valence-electron chi connectivity index (χ0n) is 18.8. The van der Waals surface area contributed by atoms with Crippen LogP contribution in [0.3, 0.4) is 0 Å². The second kappa shape index (κ2) is 7.97. The number of alkyl carbamates (subject to hydrolysis) is 1. The van der Waals surface area contributed by atoms with Gasteiger partial charge in [0.1, 0.15) is 5.60 Å². The summed E-state index contributed by atoms with van der Waals surface area (Å²) >= 11 is 5.56. The van der Waals surface area contributed by atoms with E-state index in [0.717, 1.165) is 38.8 Å². The van der Waals surface area contributed by atoms with Gasteiger partial charge < -0.3 is 19.7 Å². The number of halogens is 1. The molecule has 3 aliphatic heterocycles. The van der Waals surface area contributed by atoms with Crippen molar-refractivity contribution in [2.45, 2.75) is 89.9 Å². The van der Waals surface area contributed by atoms with Gasteiger partial charge in [-0.3, -0.25) is 9.59 Å². The van der Waals surface area contributed by atoms with Gasteiger partial charge in [-0.05, 0) is 44.8 Å². The average Bonchev–Trinajstić information content (AvgIpc) is 3.15. The second-order valence-corrected chi connectivity index (χ2v) is 10.4. The lowest BCUT2D eigenvalue weighted by molar-refractivity contribution is -0.164. The Morgan fingerprint density at radius 1 is 1.13 bits per heavy atom. The number of hydrogen-bond acceptors (Lipinski definition) is 6. The van der Waals surface area contributed by atoms with Crippen molar-refractivity contribution in [3.8, 4) is 0 Å². The number of unbranched alkanes of at least 4 members (excludes halogenated alkanes) is 1. The number of ether oxygens (including phenoxy) is 2. The number of likely N-dealkylation sites (tertiary alicyclic amines) is 1. The maximum atomic E-state index is 11.6. The van der Waals surface area contributed by atoms with E-state index in [1.165, 1.54) is 6.42 Å². The molecule has 8 heteroatoms. The van der Waals surface area contributed by atoms with E-state index in [-0.39, 0.29) is 23.7 Å². The number of nitrogens with zero attached hydrogens (tertiary/aromatic N) is 1. The zero-order chi connectivity index (χ0) is 22.4. The fourth-order valence-electron chi connectivity index (χ4n) is 5.44. The highest BCUT2D eigenvalue weighted by molar-refractivity contribution is 6.65. The van der Waals surface area contributed by atoms with Crippen LogP contribution in [0.5, 0.6) is 0 Å². The largest absolute Gasteiger partial charge is 0.449 e. The number of rotatable bonds is 4. The summed E-state index contributed by atoms with van der Waals surface area (Å²) in [6.07, 6.45) is 6.32. The molecule has 3 unspecified atom stereocenters. The van der Waals surface area contributed by atoms with Crippen LogP contribution in [-0.4, -0.2) is 59.6 Å². The molecule has 4 rings (SSSR count). The van der Waals surface area contributed by atoms with Crippen LogP contribution in [0, 0.1) is 10.8 Å². The Morgan fingerprint density at radius 3 is 2.20 bits per heavy atom. The fraction of sp³-hybridized carbons (Fsp3) is 0.864. The smallest absolute Gasteiger partial charge is 0.408 e. The number of carbonyl (C=O) groups excluding carboxylic acids is 3. The van der Waals surface area contributed by atoms with Crippen LogP contribution in [0.25, 0.3) is 0 Å². The molecule has 4 aliphatic rings. The van der Waals surface area contributed by atoms with Crippen molar-refractivity contribution in [3.05, 3.63) is 0 Å². The van der Waals surface area contributed by atoms with E-state index in [1.54, 1.807) is 0 Å². The highest BCUT2D eigenvalue weighted by Crippen LogP contribution is 2.66. The van der Waals surface area contributed by atoms with Gasteiger partial charge in [0.2, 0.25) is 0 Å². The molecule has 0 aromatic heterocycles. The normalized spacial score (nSPS) is 36.0. The lowest BCUT2D eigenvalue weighted by Crippen LogP contribution is -2.51. The molecular formula is C22H35ClN2O5. The molecular weight excluding hydrogens is 408 g/mol. The van der Waals surface area contributed by atoms with Crippen molar-refractivity contribution < 1.29 is 23.9 Å². The van der Waals surface area contributed by atoms with Gasteiger partial charge in [-0.15, -0.1) is 0 Å². The minimum Gasteiger partial charge on any atom is -0.449 e. The molecule has 3 heterocycles. The van der Waals surface area contributed by atoms with Gasteiger partial charge >= 0.3 is 12.1 Å². The molecule has 0 aromatic rings. The number of hydrogen-bond donors (Lipinski definition) is 1. The van der Waals surface area contributed by atoms with Crippen molar-refractivity contribution in [3.63, 3.8) is 0 Å². The maximum Gasteiger partial charge on any atom is 0.408 e. The van der Waals surface area contributed by atoms with E-state index in [0.29, 0.717) is 12.8 Å². The summed E-state index contributed by atoms with van der Waals surface area (Å²) in [4.78, 5) is 36.8. The third kappa shape index (κ3) is 3.42. The summed E-state index contributed by atoms with van der Waals surface area (Å²) in [5.74, 6) is -0.289. The van der Waals surface area contributed by atoms with E-state index in [4.69, 9.17) is 21.1 Å². The van der Waals surface area contributed by atoms with Gasteiger partial charge in [0.15, 0.2) is 5.60 Å². The molecule has 4 fully saturated rings. The minimum atomic E-state index is -1.08. The van der Waals surface area contributed by atoms with Crippen molar-refractivity contribution >= 4 is 28.9 Å². The summed E-state index contributed by atoms with van der Waals surface area (Å²) in [6.45, 7) is 9.84. The fourth-order valence-corrected chi connectivity index (χ4v) is 5.81. The maximum absolute atomic E-state index is 11.6. The number of piperidine rings is 1. The van der Waals surface area contributed by atoms with Crippen molar-refractivity contribution in [2.75, 3.05) is 20.1 Å². The summed E-state index contributed by atoms with van der Waals surface area (Å²) in [5.41, 5.74) is -2.35. The molecule has 1 spiro atoms. The highest BCUT2D eigenvalue weighted by atomic mass is 35.5. The zero-order valence-corrected chi connectivity index (χ0v) is 19.6. The van der Waals surface area contributed by atoms with E-state index in [1.807, 2.05) is 20.8 Å². The van der Waals surface area contributed by atoms with E-state index in [2.05, 4.69) is 24.2 Å². The van der Waals surface area contributed by atoms with Crippen molar-refractivity contribution in [1.82, 2.24) is 10.2 Å². The van der Waals surface area contributed by atoms with Crippen molar-refractivity contribution in [2.24, 2.45) is 10.8 Å². The summed E-state index contributed by atoms with van der Waals surface area (Å²) < 4.78 is 10.8. The van der Waals surface area contributed by atoms with Crippen LogP contribution in [0.15, 0.2) is 0 Å². The Labute approximate surface area is 184 Å². The van der Waals surface area contributed by atoms with E-state index >= 15 is 0 Å². The van der Waals surface area contributed by atoms with Crippen LogP contribution in [-0.2, 0) is 19.1 Å². The van der Waals surface area contributed by atoms with Gasteiger partial charge in [0.25, 0.3) is 5.24 Å². The lowest BCUT2D eigenvalue weighted by Gasteiger charge is -2.39. The number of fused-ring (bicyclic) bond motifs is 2. The third-order valence-electron chi connectivity index (χ3n) is 8.30. The second-order valence-electron chi connectivity index (χ2n) is 10.0. The van der Waals surface area contributed by atoms with Gasteiger partial charge in [0, 0.05) is 31.3 Å². The molecule has 2 bridgehead atoms. The van der Waals surface area contributed by atoms with Crippen LogP contribution < -0.4 is 5.32 Å². The molecule has 1 saturated carbocycles. The lowest BCUT2D eigenvalue weighted by atomic mass is 9.67. The first-order chi connectivity index (χ1) is 13.9. The Morgan fingerprint density at radius 2 is 1.77 bits per heavy atom. The average molecular weight is 443 g/mol. The topological polar surface area (TPSA) is 84.9 Å². The van der Waals surface area contributed by atoms with Gasteiger partial charge in [-0.2, -0.15) is 0 Å². The standard InChI is InChI=1S/C12H22N2O2.C10H13ClO3/c1-3-4-5-10-12(16-11(15)13-10)6-8-14(2)9-7-12;1-8(2)9(3)4-5-10(8,6(11)12)14-7(9)13/h10H,3-9H2,1-2H3,(H,13,15);4-5H2,1-3H3. The Kier molecular flexibility index (Phi) is 6.20. The molecule has 1 amide bonds. The van der Waals surface area contributed by atoms with Crippen molar-refractivity contribution in [1.29, 1.82) is 0 Å². The van der Waals surface area contributed by atoms with E-state index in [9.17, 15) is 14.4 Å². The first kappa shape index (κ1) is 23.3. The van der Waals surface area contributed by atoms with Crippen LogP contribution in [0.4, 0.5) is 4.79 Å². The third-order valence-corrected chi connectivity index (χ3v) is 8.61. The van der Waals surface area contributed by atoms with Gasteiger partial charge in [-0.25, -0.2) is 4.79 Å². The summed E-state index contributed by atoms with van der Waals surface area (Å²) in [5, 5.41) is 2.44. The van der Waals surface area contributed by atoms with Gasteiger partial charge in [-0.1, -0.05) is 33.6 Å². The minimum absolute atomic E-state index is 0.210. The SMILES string of the molecule is CC12CCC(C(=O)Cl)(OC1=O)C2(C)C.CCCCC1NC(=O)OC12CCN(C)CC2. The number of nitrogens with one attached hydrogen (secondary N) is 1. The predicted molar refractivity (Wildman–Crippen MR) is 113 cm³/mol. The molecule has 0 radical (unpaired) electrons. The monoisotopic (exact) mass is 442 g/mol. The van der Waals surface area contributed by atoms with Gasteiger partial charge in [0.05, 0.1) is 11.5 Å². The molecule has 1 aliphatic carbocycles. The molecule has 7 nitrogen and oxygen atoms in total. The number of amides is 1. The highest BCUT2D eigenvalue weighted by Gasteiger charge is 2.75. The first-order valence-corrected chi connectivity index (χ1v) is 11.4. The van der Waals surface area contributed by atoms with E-state index < -0.39 is 21.7 Å². The molecule has 3 atom stereocenters. The number of carbonyl (C=O) groups is 3. The molecule has 3 saturated heterocycles. The van der Waals surface area contributed by atoms with Crippen LogP contribution >= 0.6 is 11.6 Å². The molecule has 170 valence electrons. The Bertz CT molecular complexity index is 718. The van der Waals surface area contributed by atoms with Crippen LogP contribution in [0.2, 0.25) is 0 Å². The molecule has 1 N–H and O–H groups in total. The van der Waals surface area contributed by atoms with Crippen LogP contribution in [0.1, 0.15) is 72.6 Å². The molecule has 30 heavy (non-hydrogen) atoms. The summed E-state index contributed by atoms with van der Waals surface area (Å²) in [7, 11) is 2.12. The predicted octanol–water partition coefficient (Wildman–Crippen LogP) is 3.62. The number of esters is 1. The quantitative estimate of drug-likeness (QED) is 0.528. The molecule has 0 aromatic carbocycles. The Balaban J connectivity index is 0.000000172.